The molecule has 0 unspecified atom stereocenters. The lowest BCUT2D eigenvalue weighted by atomic mass is 9.90. The molecule has 0 aliphatic carbocycles. The Labute approximate surface area is 125 Å². The molecule has 10 nitrogen and oxygen atoms in total. The topological polar surface area (TPSA) is 141 Å². The lowest BCUT2D eigenvalue weighted by Crippen LogP contribution is -2.23. The van der Waals surface area contributed by atoms with Crippen molar-refractivity contribution in [2.24, 2.45) is 5.41 Å². The molecule has 0 bridgehead atoms. The van der Waals surface area contributed by atoms with Crippen LogP contribution in [0.15, 0.2) is 12.1 Å². The molecule has 0 atom stereocenters. The Morgan fingerprint density at radius 3 is 1.77 bits per heavy atom. The number of benzene rings is 1. The Morgan fingerprint density at radius 1 is 1.00 bits per heavy atom. The van der Waals surface area contributed by atoms with Crippen LogP contribution >= 0.6 is 0 Å². The molecule has 0 saturated heterocycles. The molecule has 0 spiro atoms. The minimum absolute atomic E-state index is 0.247. The summed E-state index contributed by atoms with van der Waals surface area (Å²) in [5, 5.41) is 35.6. The van der Waals surface area contributed by atoms with E-state index in [4.69, 9.17) is 0 Å². The van der Waals surface area contributed by atoms with Crippen molar-refractivity contribution in [3.8, 4) is 0 Å². The first-order valence-corrected chi connectivity index (χ1v) is 6.44. The third kappa shape index (κ3) is 3.87. The van der Waals surface area contributed by atoms with Gasteiger partial charge in [-0.3, -0.25) is 30.3 Å². The minimum Gasteiger partial charge on any atom is -0.373 e. The van der Waals surface area contributed by atoms with Crippen LogP contribution in [0.1, 0.15) is 27.2 Å². The number of hydrogen-bond acceptors (Lipinski definition) is 7. The van der Waals surface area contributed by atoms with Gasteiger partial charge in [-0.05, 0) is 11.8 Å². The SMILES string of the molecule is CCC(C)(C)CNc1c([N+](=O)[O-])cc([N+](=O)[O-])cc1[N+](=O)[O-]. The summed E-state index contributed by atoms with van der Waals surface area (Å²) >= 11 is 0. The first kappa shape index (κ1) is 17.3. The third-order valence-electron chi connectivity index (χ3n) is 3.39. The zero-order valence-electron chi connectivity index (χ0n) is 12.4. The van der Waals surface area contributed by atoms with Crippen LogP contribution in [-0.2, 0) is 0 Å². The van der Waals surface area contributed by atoms with Gasteiger partial charge in [-0.15, -0.1) is 0 Å². The number of rotatable bonds is 7. The number of hydrogen-bond donors (Lipinski definition) is 1. The summed E-state index contributed by atoms with van der Waals surface area (Å²) in [6, 6.07) is 1.43. The van der Waals surface area contributed by atoms with E-state index in [-0.39, 0.29) is 17.6 Å². The van der Waals surface area contributed by atoms with Crippen molar-refractivity contribution in [2.45, 2.75) is 27.2 Å². The van der Waals surface area contributed by atoms with Crippen molar-refractivity contribution < 1.29 is 14.8 Å². The highest BCUT2D eigenvalue weighted by Crippen LogP contribution is 2.39. The molecule has 0 aliphatic heterocycles. The van der Waals surface area contributed by atoms with E-state index in [2.05, 4.69) is 5.32 Å². The van der Waals surface area contributed by atoms with E-state index in [0.29, 0.717) is 12.1 Å². The van der Waals surface area contributed by atoms with Crippen LogP contribution in [-0.4, -0.2) is 21.3 Å². The molecule has 0 amide bonds. The van der Waals surface area contributed by atoms with Gasteiger partial charge in [0.15, 0.2) is 5.69 Å². The van der Waals surface area contributed by atoms with Gasteiger partial charge in [0.05, 0.1) is 26.9 Å². The molecular formula is C12H16N4O6. The Kier molecular flexibility index (Phi) is 4.97. The van der Waals surface area contributed by atoms with E-state index in [1.54, 1.807) is 0 Å². The number of nitrogens with one attached hydrogen (secondary N) is 1. The summed E-state index contributed by atoms with van der Waals surface area (Å²) in [5.74, 6) is 0. The van der Waals surface area contributed by atoms with Crippen LogP contribution < -0.4 is 5.32 Å². The molecule has 1 N–H and O–H groups in total. The highest BCUT2D eigenvalue weighted by atomic mass is 16.6. The first-order valence-electron chi connectivity index (χ1n) is 6.44. The number of non-ortho nitro benzene ring substituents is 1. The van der Waals surface area contributed by atoms with E-state index in [1.807, 2.05) is 20.8 Å². The maximum absolute atomic E-state index is 11.1. The maximum atomic E-state index is 11.1. The molecule has 1 rings (SSSR count). The average Bonchev–Trinajstić information content (AvgIpc) is 2.43. The molecule has 0 heterocycles. The molecule has 0 fully saturated rings. The summed E-state index contributed by atoms with van der Waals surface area (Å²) in [4.78, 5) is 30.3. The molecule has 0 saturated carbocycles. The number of nitro groups is 3. The van der Waals surface area contributed by atoms with Crippen LogP contribution in [0.4, 0.5) is 22.7 Å². The summed E-state index contributed by atoms with van der Waals surface area (Å²) in [7, 11) is 0. The van der Waals surface area contributed by atoms with Gasteiger partial charge in [-0.2, -0.15) is 0 Å². The lowest BCUT2D eigenvalue weighted by molar-refractivity contribution is -0.401. The summed E-state index contributed by atoms with van der Waals surface area (Å²) in [6.45, 7) is 5.95. The molecule has 1 aromatic rings. The van der Waals surface area contributed by atoms with Crippen molar-refractivity contribution in [1.82, 2.24) is 0 Å². The van der Waals surface area contributed by atoms with Crippen LogP contribution in [0.2, 0.25) is 0 Å². The average molecular weight is 312 g/mol. The van der Waals surface area contributed by atoms with Crippen LogP contribution in [0.3, 0.4) is 0 Å². The van der Waals surface area contributed by atoms with Crippen LogP contribution in [0, 0.1) is 35.8 Å². The molecule has 10 heteroatoms. The Bertz CT molecular complexity index is 593. The van der Waals surface area contributed by atoms with Gasteiger partial charge in [-0.25, -0.2) is 0 Å². The van der Waals surface area contributed by atoms with Crippen LogP contribution in [0.25, 0.3) is 0 Å². The van der Waals surface area contributed by atoms with Gasteiger partial charge in [0.1, 0.15) is 0 Å². The van der Waals surface area contributed by atoms with E-state index in [9.17, 15) is 30.3 Å². The fourth-order valence-corrected chi connectivity index (χ4v) is 1.62. The largest absolute Gasteiger partial charge is 0.373 e. The monoisotopic (exact) mass is 312 g/mol. The molecule has 120 valence electrons. The Hall–Kier alpha value is -2.78. The van der Waals surface area contributed by atoms with Gasteiger partial charge in [0.25, 0.3) is 5.69 Å². The van der Waals surface area contributed by atoms with Gasteiger partial charge >= 0.3 is 11.4 Å². The van der Waals surface area contributed by atoms with Gasteiger partial charge < -0.3 is 5.32 Å². The van der Waals surface area contributed by atoms with E-state index >= 15 is 0 Å². The van der Waals surface area contributed by atoms with Crippen LogP contribution in [0.5, 0.6) is 0 Å². The quantitative estimate of drug-likeness (QED) is 0.601. The fraction of sp³-hybridized carbons (Fsp3) is 0.500. The lowest BCUT2D eigenvalue weighted by Gasteiger charge is -2.23. The van der Waals surface area contributed by atoms with Crippen molar-refractivity contribution >= 4 is 22.7 Å². The second kappa shape index (κ2) is 6.33. The number of nitrogens with zero attached hydrogens (tertiary/aromatic N) is 3. The fourth-order valence-electron chi connectivity index (χ4n) is 1.62. The molecule has 0 radical (unpaired) electrons. The highest BCUT2D eigenvalue weighted by Gasteiger charge is 2.31. The van der Waals surface area contributed by atoms with Crippen molar-refractivity contribution in [2.75, 3.05) is 11.9 Å². The van der Waals surface area contributed by atoms with Gasteiger partial charge in [0, 0.05) is 6.54 Å². The number of nitro benzene ring substituents is 3. The molecule has 0 aromatic heterocycles. The second-order valence-electron chi connectivity index (χ2n) is 5.50. The van der Waals surface area contributed by atoms with E-state index < -0.39 is 31.8 Å². The predicted molar refractivity (Wildman–Crippen MR) is 79.0 cm³/mol. The third-order valence-corrected chi connectivity index (χ3v) is 3.39. The minimum atomic E-state index is -0.903. The zero-order chi connectivity index (χ0) is 17.1. The summed E-state index contributed by atoms with van der Waals surface area (Å²) in [5.41, 5.74) is -2.63. The summed E-state index contributed by atoms with van der Waals surface area (Å²) < 4.78 is 0. The molecule has 0 aliphatic rings. The summed E-state index contributed by atoms with van der Waals surface area (Å²) in [6.07, 6.45) is 0.745. The normalized spacial score (nSPS) is 11.0. The smallest absolute Gasteiger partial charge is 0.306 e. The Balaban J connectivity index is 3.42. The van der Waals surface area contributed by atoms with Crippen molar-refractivity contribution in [3.63, 3.8) is 0 Å². The second-order valence-corrected chi connectivity index (χ2v) is 5.50. The molecule has 22 heavy (non-hydrogen) atoms. The van der Waals surface area contributed by atoms with Crippen molar-refractivity contribution in [3.05, 3.63) is 42.5 Å². The van der Waals surface area contributed by atoms with Gasteiger partial charge in [-0.1, -0.05) is 20.8 Å². The highest BCUT2D eigenvalue weighted by molar-refractivity contribution is 5.77. The first-order chi connectivity index (χ1) is 10.1. The van der Waals surface area contributed by atoms with E-state index in [1.165, 1.54) is 0 Å². The van der Waals surface area contributed by atoms with Gasteiger partial charge in [0.2, 0.25) is 0 Å². The molecule has 1 aromatic carbocycles. The standard InChI is InChI=1S/C12H16N4O6/c1-4-12(2,3)7-13-11-9(15(19)20)5-8(14(17)18)6-10(11)16(21)22/h5-6,13H,4,7H2,1-3H3. The predicted octanol–water partition coefficient (Wildman–Crippen LogP) is 3.26. The number of anilines is 1. The Morgan fingerprint density at radius 2 is 1.45 bits per heavy atom. The van der Waals surface area contributed by atoms with Crippen molar-refractivity contribution in [1.29, 1.82) is 0 Å². The van der Waals surface area contributed by atoms with E-state index in [0.717, 1.165) is 6.42 Å². The zero-order valence-corrected chi connectivity index (χ0v) is 12.4. The maximum Gasteiger partial charge on any atom is 0.306 e. The molecular weight excluding hydrogens is 296 g/mol.